The average molecular weight is 543 g/mol. The number of aliphatic carboxylic acids is 1. The van der Waals surface area contributed by atoms with Gasteiger partial charge in [0, 0.05) is 46.5 Å². The van der Waals surface area contributed by atoms with Crippen molar-refractivity contribution in [2.75, 3.05) is 60.0 Å². The number of morpholine rings is 1. The first-order valence-corrected chi connectivity index (χ1v) is 12.3. The highest BCUT2D eigenvalue weighted by Gasteiger charge is 2.38. The van der Waals surface area contributed by atoms with E-state index >= 15 is 0 Å². The molecule has 2 aromatic rings. The van der Waals surface area contributed by atoms with Crippen LogP contribution in [-0.2, 0) is 9.53 Å². The van der Waals surface area contributed by atoms with Crippen molar-refractivity contribution in [2.45, 2.75) is 31.5 Å². The van der Waals surface area contributed by atoms with Gasteiger partial charge in [-0.3, -0.25) is 9.69 Å². The predicted octanol–water partition coefficient (Wildman–Crippen LogP) is 2.24. The number of nitrogens with one attached hydrogen (secondary N) is 1. The van der Waals surface area contributed by atoms with Crippen molar-refractivity contribution in [3.05, 3.63) is 35.9 Å². The molecule has 38 heavy (non-hydrogen) atoms. The lowest BCUT2D eigenvalue weighted by atomic mass is 10.2. The van der Waals surface area contributed by atoms with Crippen LogP contribution >= 0.6 is 0 Å². The number of likely N-dealkylation sites (tertiary alicyclic amines) is 1. The van der Waals surface area contributed by atoms with Crippen LogP contribution in [0.25, 0.3) is 5.52 Å². The number of hydrogen-bond acceptors (Lipinski definition) is 6. The van der Waals surface area contributed by atoms with E-state index in [1.165, 1.54) is 0 Å². The minimum atomic E-state index is -5.08. The maximum absolute atomic E-state index is 13.0. The summed E-state index contributed by atoms with van der Waals surface area (Å²) in [7, 11) is 3.52. The number of carbonyl (C=O) groups excluding carboxylic acids is 2. The summed E-state index contributed by atoms with van der Waals surface area (Å²) in [6.45, 7) is 5.72. The lowest BCUT2D eigenvalue weighted by molar-refractivity contribution is -0.192. The summed E-state index contributed by atoms with van der Waals surface area (Å²) in [6, 6.07) is 5.59. The molecule has 4 heterocycles. The summed E-state index contributed by atoms with van der Waals surface area (Å²) >= 11 is 0. The average Bonchev–Trinajstić information content (AvgIpc) is 3.51. The molecular formula is C24H33F3N6O5. The Morgan fingerprint density at radius 3 is 2.50 bits per heavy atom. The number of rotatable bonds is 6. The highest BCUT2D eigenvalue weighted by molar-refractivity contribution is 5.99. The molecule has 4 rings (SSSR count). The Morgan fingerprint density at radius 2 is 1.87 bits per heavy atom. The number of carbonyl (C=O) groups is 3. The molecule has 0 bridgehead atoms. The number of halogens is 3. The van der Waals surface area contributed by atoms with Gasteiger partial charge in [-0.15, -0.1) is 0 Å². The maximum Gasteiger partial charge on any atom is 0.490 e. The fourth-order valence-corrected chi connectivity index (χ4v) is 4.40. The summed E-state index contributed by atoms with van der Waals surface area (Å²) in [5, 5.41) is 10.2. The lowest BCUT2D eigenvalue weighted by Crippen LogP contribution is -2.39. The molecule has 11 nitrogen and oxygen atoms in total. The van der Waals surface area contributed by atoms with Crippen molar-refractivity contribution in [2.24, 2.45) is 0 Å². The van der Waals surface area contributed by atoms with E-state index in [2.05, 4.69) is 10.2 Å². The van der Waals surface area contributed by atoms with Gasteiger partial charge in [0.25, 0.3) is 5.91 Å². The van der Waals surface area contributed by atoms with Crippen LogP contribution in [0.2, 0.25) is 0 Å². The van der Waals surface area contributed by atoms with Gasteiger partial charge in [0.2, 0.25) is 0 Å². The molecule has 2 saturated heterocycles. The molecular weight excluding hydrogens is 509 g/mol. The molecule has 2 aliphatic rings. The quantitative estimate of drug-likeness (QED) is 0.538. The number of carboxylic acid groups (broad SMARTS) is 1. The normalized spacial score (nSPS) is 18.1. The fourth-order valence-electron chi connectivity index (χ4n) is 4.40. The number of nitrogens with zero attached hydrogens (tertiary/aromatic N) is 5. The number of amides is 3. The van der Waals surface area contributed by atoms with Crippen LogP contribution in [0, 0.1) is 0 Å². The third-order valence-electron chi connectivity index (χ3n) is 6.25. The summed E-state index contributed by atoms with van der Waals surface area (Å²) in [5.41, 5.74) is 1.19. The molecule has 0 spiro atoms. The summed E-state index contributed by atoms with van der Waals surface area (Å²) in [6.07, 6.45) is -0.509. The van der Waals surface area contributed by atoms with Crippen molar-refractivity contribution in [3.63, 3.8) is 0 Å². The SMILES string of the molecule is CN(C)C(=O)N1CCCC1c1nc(C(=O)NCCCN2CCOCC2)c2ccccn12.O=C(O)C(F)(F)F. The Morgan fingerprint density at radius 1 is 1.18 bits per heavy atom. The van der Waals surface area contributed by atoms with Gasteiger partial charge in [-0.1, -0.05) is 6.07 Å². The van der Waals surface area contributed by atoms with Crippen LogP contribution in [0.5, 0.6) is 0 Å². The minimum Gasteiger partial charge on any atom is -0.475 e. The van der Waals surface area contributed by atoms with Gasteiger partial charge in [-0.05, 0) is 37.9 Å². The summed E-state index contributed by atoms with van der Waals surface area (Å²) in [4.78, 5) is 45.0. The van der Waals surface area contributed by atoms with Crippen molar-refractivity contribution < 1.29 is 37.4 Å². The van der Waals surface area contributed by atoms with E-state index in [0.29, 0.717) is 18.8 Å². The smallest absolute Gasteiger partial charge is 0.475 e. The number of imidazole rings is 1. The van der Waals surface area contributed by atoms with Gasteiger partial charge in [0.05, 0.1) is 24.8 Å². The van der Waals surface area contributed by atoms with Crippen LogP contribution in [0.3, 0.4) is 0 Å². The second-order valence-corrected chi connectivity index (χ2v) is 9.17. The third-order valence-corrected chi connectivity index (χ3v) is 6.25. The van der Waals surface area contributed by atoms with Crippen LogP contribution in [0.4, 0.5) is 18.0 Å². The molecule has 0 radical (unpaired) electrons. The zero-order valence-electron chi connectivity index (χ0n) is 21.4. The first-order valence-electron chi connectivity index (χ1n) is 12.3. The Bertz CT molecular complexity index is 1120. The largest absolute Gasteiger partial charge is 0.490 e. The number of fused-ring (bicyclic) bond motifs is 1. The molecule has 2 aliphatic heterocycles. The van der Waals surface area contributed by atoms with E-state index in [9.17, 15) is 22.8 Å². The summed E-state index contributed by atoms with van der Waals surface area (Å²) in [5.74, 6) is -2.17. The number of ether oxygens (including phenoxy) is 1. The van der Waals surface area contributed by atoms with E-state index in [-0.39, 0.29) is 18.0 Å². The molecule has 2 N–H and O–H groups in total. The van der Waals surface area contributed by atoms with Crippen LogP contribution in [-0.4, -0.2) is 113 Å². The number of alkyl halides is 3. The zero-order chi connectivity index (χ0) is 27.9. The predicted molar refractivity (Wildman–Crippen MR) is 131 cm³/mol. The number of pyridine rings is 1. The highest BCUT2D eigenvalue weighted by Crippen LogP contribution is 2.33. The van der Waals surface area contributed by atoms with Crippen molar-refractivity contribution in [1.82, 2.24) is 29.4 Å². The molecule has 0 aromatic carbocycles. The van der Waals surface area contributed by atoms with Crippen LogP contribution in [0.1, 0.15) is 41.6 Å². The van der Waals surface area contributed by atoms with Crippen molar-refractivity contribution in [1.29, 1.82) is 0 Å². The number of carboxylic acids is 1. The van der Waals surface area contributed by atoms with Crippen molar-refractivity contribution in [3.8, 4) is 0 Å². The fraction of sp³-hybridized carbons (Fsp3) is 0.583. The highest BCUT2D eigenvalue weighted by atomic mass is 19.4. The van der Waals surface area contributed by atoms with Gasteiger partial charge in [-0.2, -0.15) is 13.2 Å². The first-order chi connectivity index (χ1) is 18.0. The molecule has 2 aromatic heterocycles. The number of hydrogen-bond donors (Lipinski definition) is 2. The molecule has 210 valence electrons. The first kappa shape index (κ1) is 29.2. The van der Waals surface area contributed by atoms with Crippen LogP contribution in [0.15, 0.2) is 24.4 Å². The molecule has 14 heteroatoms. The van der Waals surface area contributed by atoms with Gasteiger partial charge in [0.15, 0.2) is 5.69 Å². The Kier molecular flexibility index (Phi) is 9.91. The number of aromatic nitrogens is 2. The second kappa shape index (κ2) is 12.9. The number of urea groups is 1. The van der Waals surface area contributed by atoms with Gasteiger partial charge in [-0.25, -0.2) is 14.6 Å². The Labute approximate surface area is 218 Å². The molecule has 0 saturated carbocycles. The Balaban J connectivity index is 0.000000505. The zero-order valence-corrected chi connectivity index (χ0v) is 21.4. The van der Waals surface area contributed by atoms with Gasteiger partial charge in [0.1, 0.15) is 5.82 Å². The monoisotopic (exact) mass is 542 g/mol. The molecule has 1 atom stereocenters. The lowest BCUT2D eigenvalue weighted by Gasteiger charge is -2.27. The minimum absolute atomic E-state index is 0.0238. The summed E-state index contributed by atoms with van der Waals surface area (Å²) < 4.78 is 39.1. The van der Waals surface area contributed by atoms with Gasteiger partial charge < -0.3 is 29.4 Å². The maximum atomic E-state index is 13.0. The van der Waals surface area contributed by atoms with E-state index < -0.39 is 12.1 Å². The van der Waals surface area contributed by atoms with E-state index in [1.807, 2.05) is 33.7 Å². The second-order valence-electron chi connectivity index (χ2n) is 9.17. The van der Waals surface area contributed by atoms with Crippen molar-refractivity contribution >= 4 is 23.4 Å². The topological polar surface area (TPSA) is 120 Å². The molecule has 1 unspecified atom stereocenters. The molecule has 3 amide bonds. The van der Waals surface area contributed by atoms with Crippen LogP contribution < -0.4 is 5.32 Å². The third kappa shape index (κ3) is 7.34. The van der Waals surface area contributed by atoms with E-state index in [0.717, 1.165) is 63.5 Å². The molecule has 2 fully saturated rings. The standard InChI is InChI=1S/C22H32N6O3.C2HF3O2/c1-25(2)22(30)28-12-5-8-18(28)20-24-19(17-7-3-4-11-27(17)20)21(29)23-9-6-10-26-13-15-31-16-14-26;3-2(4,5)1(6)7/h3-4,7,11,18H,5-6,8-10,12-16H2,1-2H3,(H,23,29);(H,6,7). The van der Waals surface area contributed by atoms with E-state index in [4.69, 9.17) is 19.6 Å². The Hall–Kier alpha value is -3.39. The molecule has 0 aliphatic carbocycles. The van der Waals surface area contributed by atoms with E-state index in [1.54, 1.807) is 19.0 Å². The van der Waals surface area contributed by atoms with Gasteiger partial charge >= 0.3 is 18.2 Å².